The number of fused-ring (bicyclic) bond motifs is 15. The third-order valence-electron chi connectivity index (χ3n) is 26.2. The van der Waals surface area contributed by atoms with E-state index in [1.807, 2.05) is 63.2 Å². The van der Waals surface area contributed by atoms with Crippen molar-refractivity contribution in [2.45, 2.75) is 207 Å². The monoisotopic (exact) mass is 1750 g/mol. The number of hydrogen-bond acceptors (Lipinski definition) is 10. The summed E-state index contributed by atoms with van der Waals surface area (Å²) in [6, 6.07) is 51.7. The summed E-state index contributed by atoms with van der Waals surface area (Å²) in [7, 11) is 10.2. The molecular formula is C116H125N10O5+5. The molecule has 0 saturated heterocycles. The maximum atomic E-state index is 9.01. The second-order valence-electron chi connectivity index (χ2n) is 37.3. The van der Waals surface area contributed by atoms with Gasteiger partial charge in [-0.05, 0) is 243 Å². The molecule has 20 aromatic rings. The number of aryl methyl sites for hydroxylation is 18. The highest BCUT2D eigenvalue weighted by Gasteiger charge is 2.31. The van der Waals surface area contributed by atoms with Crippen molar-refractivity contribution < 1.29 is 55.9 Å². The van der Waals surface area contributed by atoms with Gasteiger partial charge in [0, 0.05) is 158 Å². The largest absolute Gasteiger partial charge is 0.437 e. The van der Waals surface area contributed by atoms with Gasteiger partial charge >= 0.3 is 0 Å². The van der Waals surface area contributed by atoms with Gasteiger partial charge in [-0.2, -0.15) is 0 Å². The first kappa shape index (κ1) is 79.7. The van der Waals surface area contributed by atoms with Crippen LogP contribution in [0.1, 0.15) is 228 Å². The molecule has 1 fully saturated rings. The topological polar surface area (TPSA) is 150 Å². The maximum absolute atomic E-state index is 9.01. The number of pyridine rings is 10. The Balaban J connectivity index is 0.000000121. The van der Waals surface area contributed by atoms with Crippen molar-refractivity contribution in [1.82, 2.24) is 24.9 Å². The molecule has 15 heteroatoms. The molecule has 15 nitrogen and oxygen atoms in total. The van der Waals surface area contributed by atoms with Crippen LogP contribution in [0.5, 0.6) is 0 Å². The van der Waals surface area contributed by atoms with E-state index in [1.54, 1.807) is 49.3 Å². The molecule has 15 heterocycles. The van der Waals surface area contributed by atoms with Gasteiger partial charge in [0.2, 0.25) is 57.0 Å². The molecule has 1 saturated carbocycles. The van der Waals surface area contributed by atoms with Crippen molar-refractivity contribution in [1.29, 1.82) is 0 Å². The summed E-state index contributed by atoms with van der Waals surface area (Å²) in [4.78, 5) is 22.5. The summed E-state index contributed by atoms with van der Waals surface area (Å²) < 4.78 is 108. The minimum atomic E-state index is -2.23. The first-order valence-corrected chi connectivity index (χ1v) is 45.7. The minimum absolute atomic E-state index is 0.00968. The van der Waals surface area contributed by atoms with Crippen molar-refractivity contribution in [2.24, 2.45) is 35.2 Å². The van der Waals surface area contributed by atoms with E-state index < -0.39 is 25.5 Å². The van der Waals surface area contributed by atoms with Crippen LogP contribution < -0.4 is 22.8 Å². The SMILES string of the molecule is Cc1cc(-c2c(C)ccc3c2oc2ncccc23)[n+](C)cc1C(C)C.Cc1cc(-c2c(C)ccc3c2oc2ncccc23)[n+](C)cc1C(C)C.Cc1ccc2c(n1)oc1c(-c3cc(C)c(C(C)C)c[n+]3C)c(C)ccc12.Cc1ccc2c(n1)oc1c(-c3cc(C)c(C(C)C)c[n+]3C)c(C)ccc12.[2H]C([2H])([2H])c1c[n+](C)c(-c2c(C)ccc3c2oc2nc(C4([2H])C([2H])([2H])CCCC4([2H])[2H])ccc23)cc1C. The van der Waals surface area contributed by atoms with E-state index in [4.69, 9.17) is 33.1 Å². The lowest BCUT2D eigenvalue weighted by Crippen LogP contribution is -2.32. The summed E-state index contributed by atoms with van der Waals surface area (Å²) >= 11 is 0. The van der Waals surface area contributed by atoms with E-state index in [-0.39, 0.29) is 29.8 Å². The van der Waals surface area contributed by atoms with Crippen LogP contribution in [0.3, 0.4) is 0 Å². The van der Waals surface area contributed by atoms with Crippen molar-refractivity contribution in [3.63, 3.8) is 0 Å². The average molecular weight is 1750 g/mol. The zero-order valence-electron chi connectivity index (χ0n) is 88.4. The molecule has 5 aromatic carbocycles. The number of rotatable bonds is 10. The van der Waals surface area contributed by atoms with E-state index in [9.17, 15) is 0 Å². The zero-order chi connectivity index (χ0) is 99.7. The van der Waals surface area contributed by atoms with Gasteiger partial charge in [-0.3, -0.25) is 0 Å². The predicted molar refractivity (Wildman–Crippen MR) is 534 cm³/mol. The Morgan fingerprint density at radius 2 is 0.565 bits per heavy atom. The molecule has 0 amide bonds. The molecule has 0 aliphatic heterocycles. The predicted octanol–water partition coefficient (Wildman–Crippen LogP) is 27.9. The molecule has 0 N–H and O–H groups in total. The van der Waals surface area contributed by atoms with Crippen LogP contribution in [-0.2, 0) is 35.2 Å². The van der Waals surface area contributed by atoms with E-state index >= 15 is 0 Å². The molecule has 21 rings (SSSR count). The fourth-order valence-electron chi connectivity index (χ4n) is 19.2. The Bertz CT molecular complexity index is 7930. The van der Waals surface area contributed by atoms with Crippen molar-refractivity contribution in [3.05, 3.63) is 296 Å². The third-order valence-corrected chi connectivity index (χ3v) is 26.2. The van der Waals surface area contributed by atoms with Gasteiger partial charge in [0.25, 0.3) is 0 Å². The fraction of sp³-hybridized carbons (Fsp3) is 0.310. The van der Waals surface area contributed by atoms with E-state index in [0.29, 0.717) is 69.5 Å². The Labute approximate surface area is 780 Å². The molecule has 1 aliphatic carbocycles. The van der Waals surface area contributed by atoms with Gasteiger partial charge in [-0.15, -0.1) is 0 Å². The lowest BCUT2D eigenvalue weighted by atomic mass is 9.86. The molecule has 0 bridgehead atoms. The van der Waals surface area contributed by atoms with Crippen LogP contribution >= 0.6 is 0 Å². The van der Waals surface area contributed by atoms with Crippen LogP contribution in [-0.4, -0.2) is 24.9 Å². The molecule has 1 aliphatic rings. The average Bonchev–Trinajstić information content (AvgIpc) is 1.01. The molecular weight excluding hydrogens is 1610 g/mol. The lowest BCUT2D eigenvalue weighted by molar-refractivity contribution is -0.661. The number of aromatic nitrogens is 10. The van der Waals surface area contributed by atoms with Gasteiger partial charge in [-0.25, -0.2) is 47.8 Å². The van der Waals surface area contributed by atoms with Crippen LogP contribution in [0.2, 0.25) is 0 Å². The smallest absolute Gasteiger partial charge is 0.227 e. The molecule has 131 heavy (non-hydrogen) atoms. The van der Waals surface area contributed by atoms with Gasteiger partial charge in [0.1, 0.15) is 35.2 Å². The van der Waals surface area contributed by atoms with Gasteiger partial charge in [-0.1, -0.05) is 135 Å². The van der Waals surface area contributed by atoms with Crippen molar-refractivity contribution in [2.75, 3.05) is 0 Å². The molecule has 664 valence electrons. The Morgan fingerprint density at radius 1 is 0.298 bits per heavy atom. The Kier molecular flexibility index (Phi) is 22.0. The number of furan rings is 5. The van der Waals surface area contributed by atoms with Crippen LogP contribution in [0.25, 0.3) is 167 Å². The zero-order valence-corrected chi connectivity index (χ0v) is 80.4. The summed E-state index contributed by atoms with van der Waals surface area (Å²) in [6.07, 6.45) is 10.5. The molecule has 0 spiro atoms. The van der Waals surface area contributed by atoms with Gasteiger partial charge < -0.3 is 22.1 Å². The summed E-state index contributed by atoms with van der Waals surface area (Å²) in [5, 5.41) is 10.2. The van der Waals surface area contributed by atoms with E-state index in [2.05, 4.69) is 304 Å². The summed E-state index contributed by atoms with van der Waals surface area (Å²) in [6.45, 7) is 40.7. The van der Waals surface area contributed by atoms with Crippen LogP contribution in [0.15, 0.2) is 217 Å². The fourth-order valence-corrected chi connectivity index (χ4v) is 19.2. The van der Waals surface area contributed by atoms with Crippen molar-refractivity contribution >= 4 is 110 Å². The third kappa shape index (κ3) is 16.9. The number of hydrogen-bond donors (Lipinski definition) is 0. The van der Waals surface area contributed by atoms with Crippen molar-refractivity contribution in [3.8, 4) is 56.3 Å². The first-order valence-electron chi connectivity index (χ1n) is 49.7. The van der Waals surface area contributed by atoms with Crippen LogP contribution in [0, 0.1) is 89.9 Å². The molecule has 0 unspecified atom stereocenters. The second-order valence-corrected chi connectivity index (χ2v) is 37.3. The molecule has 0 radical (unpaired) electrons. The van der Waals surface area contributed by atoms with Gasteiger partial charge in [0.15, 0.2) is 58.9 Å². The van der Waals surface area contributed by atoms with E-state index in [0.717, 1.165) is 121 Å². The second kappa shape index (κ2) is 36.2. The van der Waals surface area contributed by atoms with E-state index in [1.165, 1.54) is 89.5 Å². The maximum Gasteiger partial charge on any atom is 0.227 e. The quantitative estimate of drug-likeness (QED) is 0.121. The lowest BCUT2D eigenvalue weighted by Gasteiger charge is -2.20. The van der Waals surface area contributed by atoms with Crippen LogP contribution in [0.4, 0.5) is 0 Å². The Morgan fingerprint density at radius 3 is 0.870 bits per heavy atom. The minimum Gasteiger partial charge on any atom is -0.437 e. The summed E-state index contributed by atoms with van der Waals surface area (Å²) in [5.41, 5.74) is 37.5. The highest BCUT2D eigenvalue weighted by molar-refractivity contribution is 6.13. The highest BCUT2D eigenvalue weighted by Crippen LogP contribution is 2.45. The number of nitrogens with zero attached hydrogens (tertiary/aromatic N) is 10. The highest BCUT2D eigenvalue weighted by atomic mass is 16.4. The molecule has 0 atom stereocenters. The van der Waals surface area contributed by atoms with Gasteiger partial charge in [0.05, 0.1) is 27.8 Å². The normalized spacial score (nSPS) is 14.6. The first-order chi connectivity index (χ1) is 65.7. The standard InChI is InChI=1S/C26H29N2O.2C23H25N2O.2C22H23N2O/c1-16-10-11-20-21-12-13-22(19-8-6-5-7-9-19)27-26(21)29-25(20)24(16)23-14-17(2)18(3)15-28(23)4;2*1-13(2)19-12-25(6)20(11-15(19)4)21-14(3)7-9-17-18-10-8-16(5)24-23(18)26-22(17)21;2*1-13(2)18-12-24(5)19(11-15(18)4)20-14(3)8-9-16-17-7-6-10-23-22(17)25-21(16)20/h10-15,19H,5-9H2,1-4H3;2*7-13H,1-6H3;2*6-13H,1-5H3/q5*+1/i3D3,8D2,9D2,19D;;;;. The molecule has 15 aromatic heterocycles. The summed E-state index contributed by atoms with van der Waals surface area (Å²) in [5.74, 6) is -0.158. The Hall–Kier alpha value is -13.4. The number of benzene rings is 5.